The second-order valence-corrected chi connectivity index (χ2v) is 7.59. The number of pyridine rings is 1. The molecule has 0 aliphatic heterocycles. The highest BCUT2D eigenvalue weighted by atomic mass is 32.1. The zero-order chi connectivity index (χ0) is 20.6. The first-order valence-electron chi connectivity index (χ1n) is 9.41. The van der Waals surface area contributed by atoms with E-state index in [2.05, 4.69) is 25.8 Å². The summed E-state index contributed by atoms with van der Waals surface area (Å²) in [6, 6.07) is 5.63. The minimum atomic E-state index is -0.137. The monoisotopic (exact) mass is 416 g/mol. The Labute approximate surface area is 172 Å². The van der Waals surface area contributed by atoms with E-state index in [0.717, 1.165) is 29.9 Å². The van der Waals surface area contributed by atoms with Gasteiger partial charge in [0.1, 0.15) is 23.0 Å². The molecule has 3 aromatic rings. The number of fused-ring (bicyclic) bond motifs is 1. The maximum absolute atomic E-state index is 12.5. The molecule has 9 nitrogen and oxygen atoms in total. The van der Waals surface area contributed by atoms with Crippen LogP contribution in [0.5, 0.6) is 0 Å². The smallest absolute Gasteiger partial charge is 0.270 e. The molecule has 3 heterocycles. The van der Waals surface area contributed by atoms with Crippen LogP contribution in [0.25, 0.3) is 5.65 Å². The number of amides is 2. The number of unbranched alkanes of at least 4 members (excludes halogenated alkanes) is 2. The number of anilines is 1. The summed E-state index contributed by atoms with van der Waals surface area (Å²) in [5, 5.41) is 14.7. The molecule has 0 unspecified atom stereocenters. The van der Waals surface area contributed by atoms with E-state index in [1.165, 1.54) is 11.3 Å². The van der Waals surface area contributed by atoms with E-state index in [1.807, 2.05) is 31.3 Å². The molecule has 3 rings (SSSR count). The molecule has 3 aromatic heterocycles. The van der Waals surface area contributed by atoms with E-state index < -0.39 is 0 Å². The van der Waals surface area contributed by atoms with Gasteiger partial charge in [0.2, 0.25) is 11.0 Å². The van der Waals surface area contributed by atoms with Crippen LogP contribution in [0.2, 0.25) is 0 Å². The minimum absolute atomic E-state index is 0.0875. The van der Waals surface area contributed by atoms with Gasteiger partial charge in [0.25, 0.3) is 5.91 Å². The number of methoxy groups -OCH3 is 1. The minimum Gasteiger partial charge on any atom is -0.377 e. The van der Waals surface area contributed by atoms with E-state index in [-0.39, 0.29) is 11.8 Å². The molecule has 10 heteroatoms. The van der Waals surface area contributed by atoms with Crippen molar-refractivity contribution in [2.75, 3.05) is 19.0 Å². The summed E-state index contributed by atoms with van der Waals surface area (Å²) in [6.45, 7) is 2.77. The van der Waals surface area contributed by atoms with Gasteiger partial charge in [0.05, 0.1) is 5.69 Å². The van der Waals surface area contributed by atoms with Crippen molar-refractivity contribution in [3.8, 4) is 0 Å². The van der Waals surface area contributed by atoms with Crippen LogP contribution in [-0.4, -0.2) is 45.1 Å². The second kappa shape index (κ2) is 10.1. The van der Waals surface area contributed by atoms with Crippen LogP contribution in [0, 0.1) is 6.92 Å². The van der Waals surface area contributed by atoms with Crippen LogP contribution in [-0.2, 0) is 16.1 Å². The van der Waals surface area contributed by atoms with E-state index >= 15 is 0 Å². The lowest BCUT2D eigenvalue weighted by molar-refractivity contribution is -0.116. The molecule has 0 bridgehead atoms. The molecule has 0 saturated carbocycles. The van der Waals surface area contributed by atoms with Gasteiger partial charge in [0, 0.05) is 26.3 Å². The molecule has 0 saturated heterocycles. The summed E-state index contributed by atoms with van der Waals surface area (Å²) >= 11 is 1.30. The standard InChI is InChI=1S/C19H24N6O3S/c1-13-17(25-11-7-5-8-14(25)21-13)18(27)20-10-6-3-4-9-15(26)22-19-24-23-16(29-19)12-28-2/h5,7-8,11H,3-4,6,9-10,12H2,1-2H3,(H,20,27)(H,22,24,26). The molecule has 0 aromatic carbocycles. The number of hydrogen-bond acceptors (Lipinski definition) is 7. The Balaban J connectivity index is 1.34. The summed E-state index contributed by atoms with van der Waals surface area (Å²) in [7, 11) is 1.58. The number of hydrogen-bond donors (Lipinski definition) is 2. The van der Waals surface area contributed by atoms with Gasteiger partial charge in [0.15, 0.2) is 0 Å². The molecule has 0 radical (unpaired) electrons. The largest absolute Gasteiger partial charge is 0.377 e. The first-order valence-corrected chi connectivity index (χ1v) is 10.2. The first kappa shape index (κ1) is 20.9. The molecule has 0 aliphatic carbocycles. The number of nitrogens with zero attached hydrogens (tertiary/aromatic N) is 4. The van der Waals surface area contributed by atoms with Gasteiger partial charge < -0.3 is 15.4 Å². The van der Waals surface area contributed by atoms with E-state index in [4.69, 9.17) is 4.74 Å². The van der Waals surface area contributed by atoms with Crippen molar-refractivity contribution in [3.63, 3.8) is 0 Å². The Morgan fingerprint density at radius 1 is 1.21 bits per heavy atom. The Kier molecular flexibility index (Phi) is 7.25. The third-order valence-corrected chi connectivity index (χ3v) is 5.08. The van der Waals surface area contributed by atoms with Crippen LogP contribution in [0.1, 0.15) is 46.9 Å². The van der Waals surface area contributed by atoms with Crippen molar-refractivity contribution in [1.82, 2.24) is 24.9 Å². The summed E-state index contributed by atoms with van der Waals surface area (Å²) in [5.74, 6) is -0.224. The molecule has 0 spiro atoms. The molecule has 0 fully saturated rings. The highest BCUT2D eigenvalue weighted by Crippen LogP contribution is 2.16. The van der Waals surface area contributed by atoms with Crippen LogP contribution in [0.15, 0.2) is 24.4 Å². The van der Waals surface area contributed by atoms with E-state index in [0.29, 0.717) is 36.1 Å². The highest BCUT2D eigenvalue weighted by molar-refractivity contribution is 7.15. The predicted molar refractivity (Wildman–Crippen MR) is 110 cm³/mol. The average Bonchev–Trinajstić information content (AvgIpc) is 3.27. The predicted octanol–water partition coefficient (Wildman–Crippen LogP) is 2.57. The Bertz CT molecular complexity index is 983. The Morgan fingerprint density at radius 2 is 2.07 bits per heavy atom. The number of nitrogens with one attached hydrogen (secondary N) is 2. The van der Waals surface area contributed by atoms with Crippen LogP contribution in [0.4, 0.5) is 5.13 Å². The molecule has 0 aliphatic rings. The lowest BCUT2D eigenvalue weighted by Gasteiger charge is -2.06. The van der Waals surface area contributed by atoms with Crippen molar-refractivity contribution < 1.29 is 14.3 Å². The molecule has 2 N–H and O–H groups in total. The fourth-order valence-electron chi connectivity index (χ4n) is 2.93. The van der Waals surface area contributed by atoms with Gasteiger partial charge in [-0.15, -0.1) is 10.2 Å². The van der Waals surface area contributed by atoms with Crippen LogP contribution < -0.4 is 10.6 Å². The SMILES string of the molecule is COCc1nnc(NC(=O)CCCCCNC(=O)c2c(C)nc3ccccn23)s1. The normalized spacial score (nSPS) is 11.0. The van der Waals surface area contributed by atoms with Crippen LogP contribution >= 0.6 is 11.3 Å². The summed E-state index contributed by atoms with van der Waals surface area (Å²) in [6.07, 6.45) is 4.61. The fraction of sp³-hybridized carbons (Fsp3) is 0.421. The van der Waals surface area contributed by atoms with Gasteiger partial charge in [-0.3, -0.25) is 14.0 Å². The number of carbonyl (C=O) groups excluding carboxylic acids is 2. The number of aryl methyl sites for hydroxylation is 1. The van der Waals surface area contributed by atoms with Crippen LogP contribution in [0.3, 0.4) is 0 Å². The van der Waals surface area contributed by atoms with Gasteiger partial charge in [-0.2, -0.15) is 0 Å². The summed E-state index contributed by atoms with van der Waals surface area (Å²) < 4.78 is 6.77. The van der Waals surface area contributed by atoms with Gasteiger partial charge in [-0.25, -0.2) is 4.98 Å². The molecular formula is C19H24N6O3S. The average molecular weight is 417 g/mol. The number of ether oxygens (including phenoxy) is 1. The highest BCUT2D eigenvalue weighted by Gasteiger charge is 2.15. The first-order chi connectivity index (χ1) is 14.1. The van der Waals surface area contributed by atoms with Gasteiger partial charge in [-0.1, -0.05) is 23.8 Å². The third-order valence-electron chi connectivity index (χ3n) is 4.27. The maximum Gasteiger partial charge on any atom is 0.270 e. The van der Waals surface area contributed by atoms with Crippen molar-refractivity contribution >= 4 is 33.9 Å². The molecule has 2 amide bonds. The molecule has 0 atom stereocenters. The summed E-state index contributed by atoms with van der Waals surface area (Å²) in [5.41, 5.74) is 2.02. The number of carbonyl (C=O) groups is 2. The zero-order valence-corrected chi connectivity index (χ0v) is 17.3. The number of aromatic nitrogens is 4. The van der Waals surface area contributed by atoms with Crippen molar-refractivity contribution in [1.29, 1.82) is 0 Å². The van der Waals surface area contributed by atoms with Gasteiger partial charge in [-0.05, 0) is 31.9 Å². The quantitative estimate of drug-likeness (QED) is 0.492. The Hall–Kier alpha value is -2.85. The Morgan fingerprint density at radius 3 is 2.90 bits per heavy atom. The molecular weight excluding hydrogens is 392 g/mol. The third kappa shape index (κ3) is 5.58. The molecule has 29 heavy (non-hydrogen) atoms. The number of rotatable bonds is 10. The van der Waals surface area contributed by atoms with E-state index in [1.54, 1.807) is 11.5 Å². The fourth-order valence-corrected chi connectivity index (χ4v) is 3.66. The zero-order valence-electron chi connectivity index (χ0n) is 16.5. The summed E-state index contributed by atoms with van der Waals surface area (Å²) in [4.78, 5) is 28.8. The lowest BCUT2D eigenvalue weighted by atomic mass is 10.2. The van der Waals surface area contributed by atoms with Gasteiger partial charge >= 0.3 is 0 Å². The molecule has 154 valence electrons. The number of imidazole rings is 1. The van der Waals surface area contributed by atoms with Crippen molar-refractivity contribution in [3.05, 3.63) is 40.8 Å². The lowest BCUT2D eigenvalue weighted by Crippen LogP contribution is -2.26. The van der Waals surface area contributed by atoms with E-state index in [9.17, 15) is 9.59 Å². The second-order valence-electron chi connectivity index (χ2n) is 6.52. The topological polar surface area (TPSA) is 111 Å². The van der Waals surface area contributed by atoms with Crippen molar-refractivity contribution in [2.24, 2.45) is 0 Å². The van der Waals surface area contributed by atoms with Crippen molar-refractivity contribution in [2.45, 2.75) is 39.2 Å². The maximum atomic E-state index is 12.5.